The molecule has 0 fully saturated rings. The third-order valence-corrected chi connectivity index (χ3v) is 4.15. The first-order chi connectivity index (χ1) is 12.6. The summed E-state index contributed by atoms with van der Waals surface area (Å²) < 4.78 is 1.80. The quantitative estimate of drug-likeness (QED) is 0.617. The maximum absolute atomic E-state index is 12.2. The second-order valence-corrected chi connectivity index (χ2v) is 5.86. The van der Waals surface area contributed by atoms with E-state index in [9.17, 15) is 4.79 Å². The number of hydrogen-bond acceptors (Lipinski definition) is 5. The minimum absolute atomic E-state index is 0.185. The Hall–Kier alpha value is -3.61. The number of aromatic nitrogens is 6. The van der Waals surface area contributed by atoms with Crippen LogP contribution in [0, 0.1) is 13.8 Å². The lowest BCUT2D eigenvalue weighted by Gasteiger charge is -2.02. The third kappa shape index (κ3) is 2.79. The summed E-state index contributed by atoms with van der Waals surface area (Å²) in [6.45, 7) is 3.92. The SMILES string of the molecule is Cc1nn(-c2ccccn2)c(C)c1C=Cc1nc2cnccc2c(=O)[nH]1. The van der Waals surface area contributed by atoms with Crippen LogP contribution < -0.4 is 5.56 Å². The van der Waals surface area contributed by atoms with Gasteiger partial charge in [0.2, 0.25) is 0 Å². The van der Waals surface area contributed by atoms with E-state index < -0.39 is 0 Å². The molecule has 0 atom stereocenters. The molecule has 4 aromatic heterocycles. The Morgan fingerprint density at radius 3 is 2.81 bits per heavy atom. The highest BCUT2D eigenvalue weighted by atomic mass is 16.1. The summed E-state index contributed by atoms with van der Waals surface area (Å²) in [6, 6.07) is 7.35. The van der Waals surface area contributed by atoms with Crippen molar-refractivity contribution in [3.05, 3.63) is 76.0 Å². The van der Waals surface area contributed by atoms with Gasteiger partial charge in [0.05, 0.1) is 28.5 Å². The zero-order valence-electron chi connectivity index (χ0n) is 14.3. The molecule has 0 aliphatic heterocycles. The predicted molar refractivity (Wildman–Crippen MR) is 99.9 cm³/mol. The van der Waals surface area contributed by atoms with Crippen molar-refractivity contribution < 1.29 is 0 Å². The molecule has 0 spiro atoms. The van der Waals surface area contributed by atoms with Crippen molar-refractivity contribution in [3.63, 3.8) is 0 Å². The zero-order valence-corrected chi connectivity index (χ0v) is 14.3. The molecule has 0 aliphatic carbocycles. The molecular formula is C19H16N6O. The predicted octanol–water partition coefficient (Wildman–Crippen LogP) is 2.69. The van der Waals surface area contributed by atoms with E-state index in [1.807, 2.05) is 38.1 Å². The van der Waals surface area contributed by atoms with Gasteiger partial charge < -0.3 is 4.98 Å². The summed E-state index contributed by atoms with van der Waals surface area (Å²) in [5.41, 5.74) is 3.17. The van der Waals surface area contributed by atoms with Gasteiger partial charge in [0, 0.05) is 18.0 Å². The summed E-state index contributed by atoms with van der Waals surface area (Å²) in [5.74, 6) is 1.23. The Morgan fingerprint density at radius 2 is 2.00 bits per heavy atom. The molecule has 7 nitrogen and oxygen atoms in total. The van der Waals surface area contributed by atoms with Crippen LogP contribution in [0.5, 0.6) is 0 Å². The number of fused-ring (bicyclic) bond motifs is 1. The molecule has 0 saturated heterocycles. The van der Waals surface area contributed by atoms with Gasteiger partial charge in [0.1, 0.15) is 5.82 Å². The summed E-state index contributed by atoms with van der Waals surface area (Å²) in [5, 5.41) is 5.08. The molecule has 1 N–H and O–H groups in total. The van der Waals surface area contributed by atoms with E-state index in [4.69, 9.17) is 0 Å². The van der Waals surface area contributed by atoms with Crippen molar-refractivity contribution in [3.8, 4) is 5.82 Å². The van der Waals surface area contributed by atoms with Gasteiger partial charge in [-0.1, -0.05) is 6.07 Å². The lowest BCUT2D eigenvalue weighted by atomic mass is 10.2. The molecule has 0 saturated carbocycles. The fraction of sp³-hybridized carbons (Fsp3) is 0.105. The number of nitrogens with one attached hydrogen (secondary N) is 1. The summed E-state index contributed by atoms with van der Waals surface area (Å²) in [6.07, 6.45) is 8.56. The number of H-pyrrole nitrogens is 1. The van der Waals surface area contributed by atoms with Crippen LogP contribution in [0.4, 0.5) is 0 Å². The molecule has 0 bridgehead atoms. The highest BCUT2D eigenvalue weighted by Crippen LogP contribution is 2.19. The van der Waals surface area contributed by atoms with Crippen molar-refractivity contribution in [2.24, 2.45) is 0 Å². The van der Waals surface area contributed by atoms with E-state index in [1.54, 1.807) is 35.4 Å². The molecule has 0 aromatic carbocycles. The second kappa shape index (κ2) is 6.36. The van der Waals surface area contributed by atoms with Gasteiger partial charge in [0.25, 0.3) is 5.56 Å². The fourth-order valence-electron chi connectivity index (χ4n) is 2.85. The Labute approximate surface area is 149 Å². The Morgan fingerprint density at radius 1 is 1.12 bits per heavy atom. The number of aryl methyl sites for hydroxylation is 1. The Balaban J connectivity index is 1.74. The summed E-state index contributed by atoms with van der Waals surface area (Å²) in [4.78, 5) is 27.7. The number of hydrogen-bond donors (Lipinski definition) is 1. The first-order valence-corrected chi connectivity index (χ1v) is 8.13. The number of aromatic amines is 1. The van der Waals surface area contributed by atoms with Gasteiger partial charge >= 0.3 is 0 Å². The van der Waals surface area contributed by atoms with Crippen LogP contribution in [-0.4, -0.2) is 29.7 Å². The van der Waals surface area contributed by atoms with Crippen molar-refractivity contribution in [2.75, 3.05) is 0 Å². The van der Waals surface area contributed by atoms with E-state index >= 15 is 0 Å². The van der Waals surface area contributed by atoms with Crippen LogP contribution in [0.15, 0.2) is 47.7 Å². The third-order valence-electron chi connectivity index (χ3n) is 4.15. The molecule has 7 heteroatoms. The number of pyridine rings is 2. The lowest BCUT2D eigenvalue weighted by molar-refractivity contribution is 0.806. The highest BCUT2D eigenvalue weighted by molar-refractivity contribution is 5.78. The van der Waals surface area contributed by atoms with E-state index in [2.05, 4.69) is 25.0 Å². The second-order valence-electron chi connectivity index (χ2n) is 5.86. The van der Waals surface area contributed by atoms with Crippen LogP contribution in [0.2, 0.25) is 0 Å². The average Bonchev–Trinajstić information content (AvgIpc) is 2.95. The molecule has 4 rings (SSSR count). The summed E-state index contributed by atoms with van der Waals surface area (Å²) >= 11 is 0. The lowest BCUT2D eigenvalue weighted by Crippen LogP contribution is -2.09. The van der Waals surface area contributed by atoms with Gasteiger partial charge in [-0.2, -0.15) is 5.10 Å². The molecule has 0 amide bonds. The Kier molecular flexibility index (Phi) is 3.89. The number of nitrogens with zero attached hydrogens (tertiary/aromatic N) is 5. The first-order valence-electron chi connectivity index (χ1n) is 8.13. The van der Waals surface area contributed by atoms with Crippen LogP contribution in [0.25, 0.3) is 28.9 Å². The normalized spacial score (nSPS) is 11.5. The van der Waals surface area contributed by atoms with Crippen LogP contribution in [-0.2, 0) is 0 Å². The topological polar surface area (TPSA) is 89.3 Å². The van der Waals surface area contributed by atoms with Gasteiger partial charge in [-0.15, -0.1) is 0 Å². The first kappa shape index (κ1) is 15.9. The Bertz CT molecular complexity index is 1170. The number of rotatable bonds is 3. The van der Waals surface area contributed by atoms with Crippen LogP contribution in [0.3, 0.4) is 0 Å². The van der Waals surface area contributed by atoms with Crippen molar-refractivity contribution in [2.45, 2.75) is 13.8 Å². The molecule has 0 aliphatic rings. The van der Waals surface area contributed by atoms with Crippen LogP contribution >= 0.6 is 0 Å². The van der Waals surface area contributed by atoms with Crippen molar-refractivity contribution in [1.29, 1.82) is 0 Å². The largest absolute Gasteiger partial charge is 0.306 e. The fourth-order valence-corrected chi connectivity index (χ4v) is 2.85. The van der Waals surface area contributed by atoms with E-state index in [1.165, 1.54) is 0 Å². The zero-order chi connectivity index (χ0) is 18.1. The van der Waals surface area contributed by atoms with E-state index in [0.717, 1.165) is 22.8 Å². The molecule has 4 aromatic rings. The molecule has 26 heavy (non-hydrogen) atoms. The average molecular weight is 344 g/mol. The molecule has 128 valence electrons. The van der Waals surface area contributed by atoms with Gasteiger partial charge in [-0.05, 0) is 44.2 Å². The maximum atomic E-state index is 12.2. The molecule has 0 radical (unpaired) electrons. The van der Waals surface area contributed by atoms with Crippen molar-refractivity contribution >= 4 is 23.1 Å². The summed E-state index contributed by atoms with van der Waals surface area (Å²) in [7, 11) is 0. The van der Waals surface area contributed by atoms with Gasteiger partial charge in [0.15, 0.2) is 5.82 Å². The van der Waals surface area contributed by atoms with Crippen LogP contribution in [0.1, 0.15) is 22.8 Å². The highest BCUT2D eigenvalue weighted by Gasteiger charge is 2.11. The standard InChI is InChI=1S/C19H16N6O/c1-12-14(13(2)25(24-12)18-5-3-4-9-21-18)6-7-17-22-16-11-20-10-8-15(16)19(26)23-17/h3-11H,1-2H3,(H,22,23,26). The van der Waals surface area contributed by atoms with E-state index in [0.29, 0.717) is 16.7 Å². The van der Waals surface area contributed by atoms with Crippen molar-refractivity contribution in [1.82, 2.24) is 29.7 Å². The molecule has 4 heterocycles. The smallest absolute Gasteiger partial charge is 0.259 e. The maximum Gasteiger partial charge on any atom is 0.259 e. The minimum atomic E-state index is -0.185. The van der Waals surface area contributed by atoms with Gasteiger partial charge in [-0.25, -0.2) is 14.6 Å². The monoisotopic (exact) mass is 344 g/mol. The van der Waals surface area contributed by atoms with E-state index in [-0.39, 0.29) is 5.56 Å². The minimum Gasteiger partial charge on any atom is -0.306 e. The molecule has 0 unspecified atom stereocenters. The van der Waals surface area contributed by atoms with Gasteiger partial charge in [-0.3, -0.25) is 9.78 Å². The molecular weight excluding hydrogens is 328 g/mol.